The van der Waals surface area contributed by atoms with E-state index in [0.717, 1.165) is 13.0 Å². The maximum absolute atomic E-state index is 5.50. The fourth-order valence-electron chi connectivity index (χ4n) is 1.94. The summed E-state index contributed by atoms with van der Waals surface area (Å²) in [7, 11) is 0. The average Bonchev–Trinajstić information content (AvgIpc) is 2.47. The molecule has 1 unspecified atom stereocenters. The molecule has 2 heteroatoms. The smallest absolute Gasteiger partial charge is 0.0870 e. The maximum atomic E-state index is 5.50. The van der Waals surface area contributed by atoms with Crippen LogP contribution in [0.5, 0.6) is 0 Å². The Balaban J connectivity index is 2.05. The quantitative estimate of drug-likeness (QED) is 0.385. The number of hydrogen-bond donors (Lipinski definition) is 0. The Bertz CT molecular complexity index is 589. The van der Waals surface area contributed by atoms with Gasteiger partial charge in [-0.2, -0.15) is 0 Å². The molecule has 20 heavy (non-hydrogen) atoms. The van der Waals surface area contributed by atoms with Gasteiger partial charge in [0.15, 0.2) is 0 Å². The standard InChI is InChI=1S/C18H22OS/c1-4-11-19-13-14(2)15(3)20-18-10-9-16-7-5-6-8-17(16)12-18/h5-10,12-13,15H,4,11H2,1-3H3. The second kappa shape index (κ2) is 7.39. The highest BCUT2D eigenvalue weighted by Crippen LogP contribution is 2.30. The van der Waals surface area contributed by atoms with Crippen molar-refractivity contribution in [3.05, 3.63) is 54.3 Å². The third-order valence-corrected chi connectivity index (χ3v) is 4.52. The van der Waals surface area contributed by atoms with Gasteiger partial charge >= 0.3 is 0 Å². The highest BCUT2D eigenvalue weighted by molar-refractivity contribution is 8.00. The van der Waals surface area contributed by atoms with Crippen molar-refractivity contribution in [2.24, 2.45) is 0 Å². The van der Waals surface area contributed by atoms with Crippen LogP contribution in [0.25, 0.3) is 10.8 Å². The Morgan fingerprint density at radius 1 is 1.20 bits per heavy atom. The average molecular weight is 286 g/mol. The molecule has 1 nitrogen and oxygen atoms in total. The first-order chi connectivity index (χ1) is 9.70. The number of ether oxygens (including phenoxy) is 1. The molecular formula is C18H22OS. The summed E-state index contributed by atoms with van der Waals surface area (Å²) >= 11 is 1.88. The fraction of sp³-hybridized carbons (Fsp3) is 0.333. The van der Waals surface area contributed by atoms with Gasteiger partial charge in [0.2, 0.25) is 0 Å². The van der Waals surface area contributed by atoms with E-state index in [4.69, 9.17) is 4.74 Å². The summed E-state index contributed by atoms with van der Waals surface area (Å²) in [6.45, 7) is 7.27. The zero-order valence-electron chi connectivity index (χ0n) is 12.4. The Kier molecular flexibility index (Phi) is 5.54. The Morgan fingerprint density at radius 2 is 1.95 bits per heavy atom. The minimum Gasteiger partial charge on any atom is -0.501 e. The van der Waals surface area contributed by atoms with Crippen LogP contribution in [0.1, 0.15) is 27.2 Å². The lowest BCUT2D eigenvalue weighted by atomic mass is 10.1. The van der Waals surface area contributed by atoms with Crippen LogP contribution in [0.15, 0.2) is 59.2 Å². The Labute approximate surface area is 126 Å². The van der Waals surface area contributed by atoms with Crippen molar-refractivity contribution in [2.75, 3.05) is 6.61 Å². The van der Waals surface area contributed by atoms with Crippen molar-refractivity contribution >= 4 is 22.5 Å². The van der Waals surface area contributed by atoms with Crippen molar-refractivity contribution in [1.82, 2.24) is 0 Å². The summed E-state index contributed by atoms with van der Waals surface area (Å²) in [5, 5.41) is 3.02. The summed E-state index contributed by atoms with van der Waals surface area (Å²) in [5.74, 6) is 0. The van der Waals surface area contributed by atoms with Crippen molar-refractivity contribution < 1.29 is 4.74 Å². The van der Waals surface area contributed by atoms with Gasteiger partial charge in [0, 0.05) is 10.1 Å². The van der Waals surface area contributed by atoms with Crippen molar-refractivity contribution in [1.29, 1.82) is 0 Å². The van der Waals surface area contributed by atoms with Crippen molar-refractivity contribution in [3.8, 4) is 0 Å². The number of hydrogen-bond acceptors (Lipinski definition) is 2. The second-order valence-electron chi connectivity index (χ2n) is 5.00. The van der Waals surface area contributed by atoms with E-state index in [1.807, 2.05) is 18.0 Å². The molecule has 0 aliphatic heterocycles. The van der Waals surface area contributed by atoms with E-state index in [0.29, 0.717) is 5.25 Å². The van der Waals surface area contributed by atoms with E-state index in [2.05, 4.69) is 63.2 Å². The molecule has 0 bridgehead atoms. The van der Waals surface area contributed by atoms with Gasteiger partial charge in [-0.3, -0.25) is 0 Å². The lowest BCUT2D eigenvalue weighted by molar-refractivity contribution is 0.246. The van der Waals surface area contributed by atoms with E-state index >= 15 is 0 Å². The first kappa shape index (κ1) is 15.0. The molecule has 0 aliphatic rings. The second-order valence-corrected chi connectivity index (χ2v) is 6.42. The van der Waals surface area contributed by atoms with Crippen LogP contribution in [0.4, 0.5) is 0 Å². The van der Waals surface area contributed by atoms with Gasteiger partial charge in [0.25, 0.3) is 0 Å². The Hall–Kier alpha value is -1.41. The molecule has 0 spiro atoms. The topological polar surface area (TPSA) is 9.23 Å². The molecule has 0 N–H and O–H groups in total. The van der Waals surface area contributed by atoms with Gasteiger partial charge in [-0.25, -0.2) is 0 Å². The van der Waals surface area contributed by atoms with Gasteiger partial charge in [0.05, 0.1) is 12.9 Å². The van der Waals surface area contributed by atoms with E-state index in [-0.39, 0.29) is 0 Å². The number of thioether (sulfide) groups is 1. The zero-order chi connectivity index (χ0) is 14.4. The third-order valence-electron chi connectivity index (χ3n) is 3.27. The summed E-state index contributed by atoms with van der Waals surface area (Å²) in [6, 6.07) is 15.1. The first-order valence-electron chi connectivity index (χ1n) is 7.14. The molecule has 106 valence electrons. The number of benzene rings is 2. The minimum absolute atomic E-state index is 0.424. The van der Waals surface area contributed by atoms with Gasteiger partial charge in [0.1, 0.15) is 0 Å². The molecule has 0 saturated carbocycles. The van der Waals surface area contributed by atoms with Crippen molar-refractivity contribution in [3.63, 3.8) is 0 Å². The monoisotopic (exact) mass is 286 g/mol. The molecule has 0 saturated heterocycles. The molecule has 2 rings (SSSR count). The van der Waals surface area contributed by atoms with Crippen LogP contribution in [-0.2, 0) is 4.74 Å². The number of rotatable bonds is 6. The van der Waals surface area contributed by atoms with E-state index in [1.165, 1.54) is 21.2 Å². The van der Waals surface area contributed by atoms with Gasteiger partial charge < -0.3 is 4.74 Å². The highest BCUT2D eigenvalue weighted by atomic mass is 32.2. The maximum Gasteiger partial charge on any atom is 0.0870 e. The van der Waals surface area contributed by atoms with Crippen LogP contribution in [0.2, 0.25) is 0 Å². The lowest BCUT2D eigenvalue weighted by Crippen LogP contribution is -1.99. The molecule has 0 amide bonds. The summed E-state index contributed by atoms with van der Waals surface area (Å²) < 4.78 is 5.50. The van der Waals surface area contributed by atoms with Crippen LogP contribution < -0.4 is 0 Å². The molecule has 0 heterocycles. The molecule has 1 atom stereocenters. The molecule has 0 aromatic heterocycles. The van der Waals surface area contributed by atoms with E-state index < -0.39 is 0 Å². The van der Waals surface area contributed by atoms with Gasteiger partial charge in [-0.05, 0) is 48.7 Å². The molecule has 0 radical (unpaired) electrons. The fourth-order valence-corrected chi connectivity index (χ4v) is 2.93. The molecule has 2 aromatic rings. The lowest BCUT2D eigenvalue weighted by Gasteiger charge is -2.12. The molecule has 0 aliphatic carbocycles. The summed E-state index contributed by atoms with van der Waals surface area (Å²) in [5.41, 5.74) is 1.27. The predicted octanol–water partition coefficient (Wildman–Crippen LogP) is 5.65. The van der Waals surface area contributed by atoms with Gasteiger partial charge in [-0.15, -0.1) is 11.8 Å². The molecular weight excluding hydrogens is 264 g/mol. The predicted molar refractivity (Wildman–Crippen MR) is 89.3 cm³/mol. The van der Waals surface area contributed by atoms with Crippen LogP contribution in [0.3, 0.4) is 0 Å². The summed E-state index contributed by atoms with van der Waals surface area (Å²) in [6.07, 6.45) is 2.96. The SMILES string of the molecule is CCCOC=C(C)C(C)Sc1ccc2ccccc2c1. The van der Waals surface area contributed by atoms with E-state index in [1.54, 1.807) is 0 Å². The number of fused-ring (bicyclic) bond motifs is 1. The van der Waals surface area contributed by atoms with Gasteiger partial charge in [-0.1, -0.05) is 37.3 Å². The van der Waals surface area contributed by atoms with Crippen LogP contribution >= 0.6 is 11.8 Å². The van der Waals surface area contributed by atoms with Crippen LogP contribution in [-0.4, -0.2) is 11.9 Å². The molecule has 2 aromatic carbocycles. The Morgan fingerprint density at radius 3 is 2.70 bits per heavy atom. The molecule has 0 fully saturated rings. The zero-order valence-corrected chi connectivity index (χ0v) is 13.2. The third kappa shape index (κ3) is 4.04. The summed E-state index contributed by atoms with van der Waals surface area (Å²) in [4.78, 5) is 1.31. The van der Waals surface area contributed by atoms with Crippen molar-refractivity contribution in [2.45, 2.75) is 37.3 Å². The first-order valence-corrected chi connectivity index (χ1v) is 8.02. The highest BCUT2D eigenvalue weighted by Gasteiger charge is 2.07. The van der Waals surface area contributed by atoms with Crippen LogP contribution in [0, 0.1) is 0 Å². The van der Waals surface area contributed by atoms with E-state index in [9.17, 15) is 0 Å². The largest absolute Gasteiger partial charge is 0.501 e. The normalized spacial score (nSPS) is 13.4. The minimum atomic E-state index is 0.424.